The predicted molar refractivity (Wildman–Crippen MR) is 108 cm³/mol. The Hall–Kier alpha value is -2.64. The summed E-state index contributed by atoms with van der Waals surface area (Å²) >= 11 is 9.41. The average Bonchev–Trinajstić information content (AvgIpc) is 3.05. The number of carbonyl (C=O) groups is 1. The predicted octanol–water partition coefficient (Wildman–Crippen LogP) is 4.14. The van der Waals surface area contributed by atoms with Crippen molar-refractivity contribution in [1.82, 2.24) is 14.8 Å². The third-order valence-corrected chi connectivity index (χ3v) is 5.19. The van der Waals surface area contributed by atoms with Crippen LogP contribution in [-0.2, 0) is 4.79 Å². The lowest BCUT2D eigenvalue weighted by molar-refractivity contribution is -0.115. The molecule has 4 rings (SSSR count). The minimum atomic E-state index is -0.498. The van der Waals surface area contributed by atoms with Gasteiger partial charge in [-0.15, -0.1) is 5.10 Å². The van der Waals surface area contributed by atoms with Crippen LogP contribution in [0.1, 0.15) is 18.5 Å². The molecule has 0 fully saturated rings. The molecule has 136 valence electrons. The summed E-state index contributed by atoms with van der Waals surface area (Å²) < 4.78 is 2.64. The second-order valence-corrected chi connectivity index (χ2v) is 7.54. The maximum absolute atomic E-state index is 12.2. The first-order valence-corrected chi connectivity index (χ1v) is 9.36. The van der Waals surface area contributed by atoms with Crippen LogP contribution in [0.3, 0.4) is 0 Å². The van der Waals surface area contributed by atoms with Crippen LogP contribution in [-0.4, -0.2) is 20.7 Å². The Morgan fingerprint density at radius 1 is 1.19 bits per heavy atom. The Morgan fingerprint density at radius 3 is 2.48 bits per heavy atom. The molecule has 0 radical (unpaired) electrons. The van der Waals surface area contributed by atoms with Crippen molar-refractivity contribution in [2.75, 3.05) is 5.32 Å². The first-order chi connectivity index (χ1) is 12.9. The summed E-state index contributed by atoms with van der Waals surface area (Å²) in [5.41, 5.74) is 8.53. The molecule has 3 N–H and O–H groups in total. The van der Waals surface area contributed by atoms with Crippen molar-refractivity contribution in [2.24, 2.45) is 5.73 Å². The van der Waals surface area contributed by atoms with Gasteiger partial charge in [-0.2, -0.15) is 4.98 Å². The number of hydrogen-bond acceptors (Lipinski definition) is 4. The quantitative estimate of drug-likeness (QED) is 0.636. The molecule has 6 nitrogen and oxygen atoms in total. The fourth-order valence-corrected chi connectivity index (χ4v) is 3.54. The van der Waals surface area contributed by atoms with Gasteiger partial charge in [0.05, 0.1) is 5.57 Å². The van der Waals surface area contributed by atoms with E-state index < -0.39 is 11.9 Å². The van der Waals surface area contributed by atoms with Gasteiger partial charge in [0, 0.05) is 20.8 Å². The van der Waals surface area contributed by atoms with Crippen LogP contribution < -0.4 is 11.1 Å². The fourth-order valence-electron chi connectivity index (χ4n) is 3.14. The van der Waals surface area contributed by atoms with E-state index in [9.17, 15) is 4.79 Å². The zero-order chi connectivity index (χ0) is 19.1. The molecule has 3 aromatic rings. The average molecular weight is 445 g/mol. The van der Waals surface area contributed by atoms with Crippen LogP contribution in [0.4, 0.5) is 5.95 Å². The summed E-state index contributed by atoms with van der Waals surface area (Å²) in [6, 6.07) is 14.5. The van der Waals surface area contributed by atoms with Crippen LogP contribution in [0.5, 0.6) is 0 Å². The normalized spacial score (nSPS) is 16.0. The first-order valence-electron chi connectivity index (χ1n) is 8.19. The number of carbonyl (C=O) groups excluding carboxylic acids is 1. The van der Waals surface area contributed by atoms with E-state index in [2.05, 4.69) is 31.3 Å². The molecule has 8 heteroatoms. The fraction of sp³-hybridized carbons (Fsp3) is 0.105. The molecular weight excluding hydrogens is 430 g/mol. The SMILES string of the molecule is CC1=C(C(N)=O)C(c2ccc(Br)cc2)n2nc(-c3ccc(Cl)cc3)nc2N1. The van der Waals surface area contributed by atoms with E-state index in [1.807, 2.05) is 43.3 Å². The maximum atomic E-state index is 12.2. The van der Waals surface area contributed by atoms with Gasteiger partial charge >= 0.3 is 0 Å². The molecule has 1 atom stereocenters. The number of rotatable bonds is 3. The number of anilines is 1. The van der Waals surface area contributed by atoms with E-state index >= 15 is 0 Å². The van der Waals surface area contributed by atoms with Crippen molar-refractivity contribution < 1.29 is 4.79 Å². The van der Waals surface area contributed by atoms with E-state index in [0.29, 0.717) is 28.1 Å². The number of allylic oxidation sites excluding steroid dienone is 1. The number of primary amides is 1. The van der Waals surface area contributed by atoms with Gasteiger partial charge in [-0.1, -0.05) is 39.7 Å². The monoisotopic (exact) mass is 443 g/mol. The standard InChI is InChI=1S/C19H15BrClN5O/c1-10-15(17(22)27)16(11-2-6-13(20)7-3-11)26-19(23-10)24-18(25-26)12-4-8-14(21)9-5-12/h2-9,16H,1H3,(H2,22,27)(H,23,24,25). The Morgan fingerprint density at radius 2 is 1.85 bits per heavy atom. The number of benzene rings is 2. The van der Waals surface area contributed by atoms with Crippen molar-refractivity contribution in [3.05, 3.63) is 74.9 Å². The van der Waals surface area contributed by atoms with Crippen molar-refractivity contribution in [1.29, 1.82) is 0 Å². The summed E-state index contributed by atoms with van der Waals surface area (Å²) in [6.45, 7) is 1.81. The number of hydrogen-bond donors (Lipinski definition) is 2. The molecule has 1 unspecified atom stereocenters. The van der Waals surface area contributed by atoms with E-state index in [1.165, 1.54) is 0 Å². The largest absolute Gasteiger partial charge is 0.366 e. The summed E-state index contributed by atoms with van der Waals surface area (Å²) in [5.74, 6) is 0.590. The first kappa shape index (κ1) is 17.8. The smallest absolute Gasteiger partial charge is 0.248 e. The number of fused-ring (bicyclic) bond motifs is 1. The number of nitrogens with one attached hydrogen (secondary N) is 1. The molecule has 1 aliphatic rings. The van der Waals surface area contributed by atoms with Gasteiger partial charge in [-0.3, -0.25) is 4.79 Å². The topological polar surface area (TPSA) is 85.8 Å². The number of amides is 1. The molecule has 2 heterocycles. The Bertz CT molecular complexity index is 1060. The van der Waals surface area contributed by atoms with Crippen LogP contribution >= 0.6 is 27.5 Å². The lowest BCUT2D eigenvalue weighted by atomic mass is 9.95. The van der Waals surface area contributed by atoms with E-state index in [1.54, 1.807) is 16.8 Å². The number of nitrogens with two attached hydrogens (primary N) is 1. The molecular formula is C19H15BrClN5O. The van der Waals surface area contributed by atoms with Gasteiger partial charge in [0.2, 0.25) is 11.9 Å². The van der Waals surface area contributed by atoms with Crippen molar-refractivity contribution in [3.63, 3.8) is 0 Å². The van der Waals surface area contributed by atoms with E-state index in [-0.39, 0.29) is 0 Å². The zero-order valence-electron chi connectivity index (χ0n) is 14.3. The highest BCUT2D eigenvalue weighted by atomic mass is 79.9. The van der Waals surface area contributed by atoms with Crippen molar-refractivity contribution in [2.45, 2.75) is 13.0 Å². The molecule has 1 amide bonds. The van der Waals surface area contributed by atoms with Crippen molar-refractivity contribution in [3.8, 4) is 11.4 Å². The Balaban J connectivity index is 1.87. The Labute approximate surface area is 169 Å². The van der Waals surface area contributed by atoms with Crippen LogP contribution in [0.2, 0.25) is 5.02 Å². The van der Waals surface area contributed by atoms with Crippen LogP contribution in [0, 0.1) is 0 Å². The van der Waals surface area contributed by atoms with Gasteiger partial charge in [0.1, 0.15) is 6.04 Å². The highest BCUT2D eigenvalue weighted by Gasteiger charge is 2.33. The van der Waals surface area contributed by atoms with Crippen molar-refractivity contribution >= 4 is 39.4 Å². The molecule has 0 aliphatic carbocycles. The van der Waals surface area contributed by atoms with E-state index in [4.69, 9.17) is 17.3 Å². The summed E-state index contributed by atoms with van der Waals surface area (Å²) in [7, 11) is 0. The summed E-state index contributed by atoms with van der Waals surface area (Å²) in [5, 5.41) is 8.42. The lowest BCUT2D eigenvalue weighted by Gasteiger charge is -2.27. The lowest BCUT2D eigenvalue weighted by Crippen LogP contribution is -2.31. The third kappa shape index (κ3) is 3.24. The highest BCUT2D eigenvalue weighted by Crippen LogP contribution is 2.36. The number of aromatic nitrogens is 3. The molecule has 0 saturated heterocycles. The molecule has 0 spiro atoms. The third-order valence-electron chi connectivity index (χ3n) is 4.41. The molecule has 1 aliphatic heterocycles. The van der Waals surface area contributed by atoms with Gasteiger partial charge in [-0.05, 0) is 48.9 Å². The van der Waals surface area contributed by atoms with Gasteiger partial charge in [0.25, 0.3) is 0 Å². The second-order valence-electron chi connectivity index (χ2n) is 6.19. The Kier molecular flexibility index (Phi) is 4.49. The molecule has 27 heavy (non-hydrogen) atoms. The second kappa shape index (κ2) is 6.83. The number of nitrogens with zero attached hydrogens (tertiary/aromatic N) is 3. The molecule has 0 bridgehead atoms. The zero-order valence-corrected chi connectivity index (χ0v) is 16.6. The highest BCUT2D eigenvalue weighted by molar-refractivity contribution is 9.10. The minimum absolute atomic E-state index is 0.456. The van der Waals surface area contributed by atoms with E-state index in [0.717, 1.165) is 15.6 Å². The summed E-state index contributed by atoms with van der Waals surface area (Å²) in [4.78, 5) is 16.8. The van der Waals surface area contributed by atoms with Gasteiger partial charge in [-0.25, -0.2) is 4.68 Å². The maximum Gasteiger partial charge on any atom is 0.248 e. The van der Waals surface area contributed by atoms with Crippen LogP contribution in [0.15, 0.2) is 64.3 Å². The van der Waals surface area contributed by atoms with Gasteiger partial charge < -0.3 is 11.1 Å². The number of halogens is 2. The minimum Gasteiger partial charge on any atom is -0.366 e. The van der Waals surface area contributed by atoms with Gasteiger partial charge in [0.15, 0.2) is 5.82 Å². The summed E-state index contributed by atoms with van der Waals surface area (Å²) in [6.07, 6.45) is 0. The van der Waals surface area contributed by atoms with Crippen LogP contribution in [0.25, 0.3) is 11.4 Å². The molecule has 0 saturated carbocycles. The molecule has 2 aromatic carbocycles. The molecule has 1 aromatic heterocycles.